The average Bonchev–Trinajstić information content (AvgIpc) is 2.74. The number of aryl methyl sites for hydroxylation is 1. The van der Waals surface area contributed by atoms with Crippen molar-refractivity contribution in [1.82, 2.24) is 4.41 Å². The third kappa shape index (κ3) is 4.71. The van der Waals surface area contributed by atoms with Crippen LogP contribution in [-0.2, 0) is 26.2 Å². The first-order valence-corrected chi connectivity index (χ1v) is 10.5. The molecule has 0 saturated heterocycles. The second-order valence-corrected chi connectivity index (χ2v) is 8.32. The molecule has 0 radical (unpaired) electrons. The van der Waals surface area contributed by atoms with Crippen LogP contribution in [0.1, 0.15) is 22.7 Å². The molecule has 3 aromatic carbocycles. The van der Waals surface area contributed by atoms with E-state index in [1.54, 1.807) is 55.5 Å². The van der Waals surface area contributed by atoms with Gasteiger partial charge in [-0.1, -0.05) is 78.9 Å². The molecule has 3 rings (SSSR count). The first kappa shape index (κ1) is 20.7. The average molecular weight is 410 g/mol. The highest BCUT2D eigenvalue weighted by molar-refractivity contribution is 7.89. The van der Waals surface area contributed by atoms with Crippen molar-refractivity contribution in [3.63, 3.8) is 0 Å². The summed E-state index contributed by atoms with van der Waals surface area (Å²) in [5.74, 6) is 5.29. The zero-order valence-corrected chi connectivity index (χ0v) is 16.7. The molecule has 29 heavy (non-hydrogen) atoms. The van der Waals surface area contributed by atoms with Crippen molar-refractivity contribution in [2.45, 2.75) is 24.5 Å². The van der Waals surface area contributed by atoms with Crippen LogP contribution in [-0.4, -0.2) is 18.8 Å². The molecule has 0 aromatic heterocycles. The van der Waals surface area contributed by atoms with Crippen LogP contribution < -0.4 is 5.84 Å². The lowest BCUT2D eigenvalue weighted by atomic mass is 10.1. The molecule has 6 nitrogen and oxygen atoms in total. The van der Waals surface area contributed by atoms with E-state index < -0.39 is 22.0 Å². The molecule has 0 spiro atoms. The van der Waals surface area contributed by atoms with E-state index in [-0.39, 0.29) is 11.5 Å². The smallest absolute Gasteiger partial charge is 0.330 e. The second kappa shape index (κ2) is 9.00. The molecule has 2 N–H and O–H groups in total. The topological polar surface area (TPSA) is 89.7 Å². The summed E-state index contributed by atoms with van der Waals surface area (Å²) < 4.78 is 32.3. The highest BCUT2D eigenvalue weighted by Gasteiger charge is 2.36. The summed E-state index contributed by atoms with van der Waals surface area (Å²) in [4.78, 5) is 13.0. The van der Waals surface area contributed by atoms with Crippen molar-refractivity contribution < 1.29 is 17.9 Å². The van der Waals surface area contributed by atoms with E-state index in [9.17, 15) is 13.2 Å². The van der Waals surface area contributed by atoms with Gasteiger partial charge in [-0.15, -0.1) is 4.41 Å². The lowest BCUT2D eigenvalue weighted by Gasteiger charge is -2.26. The number of nitrogens with two attached hydrogens (primary N) is 1. The minimum Gasteiger partial charge on any atom is -0.459 e. The summed E-state index contributed by atoms with van der Waals surface area (Å²) in [7, 11) is -4.13. The zero-order valence-electron chi connectivity index (χ0n) is 15.9. The Hall–Kier alpha value is -3.00. The molecule has 0 aliphatic heterocycles. The van der Waals surface area contributed by atoms with Gasteiger partial charge >= 0.3 is 5.97 Å². The zero-order chi connectivity index (χ0) is 20.9. The van der Waals surface area contributed by atoms with Gasteiger partial charge in [0, 0.05) is 0 Å². The van der Waals surface area contributed by atoms with Crippen LogP contribution in [0.15, 0.2) is 89.8 Å². The lowest BCUT2D eigenvalue weighted by molar-refractivity contribution is -0.150. The Morgan fingerprint density at radius 3 is 2.10 bits per heavy atom. The predicted molar refractivity (Wildman–Crippen MR) is 110 cm³/mol. The van der Waals surface area contributed by atoms with Crippen molar-refractivity contribution in [3.8, 4) is 0 Å². The van der Waals surface area contributed by atoms with E-state index in [4.69, 9.17) is 10.6 Å². The van der Waals surface area contributed by atoms with E-state index >= 15 is 0 Å². The normalized spacial score (nSPS) is 12.5. The van der Waals surface area contributed by atoms with E-state index in [2.05, 4.69) is 0 Å². The number of carbonyl (C=O) groups is 1. The highest BCUT2D eigenvalue weighted by Crippen LogP contribution is 2.27. The summed E-state index contributed by atoms with van der Waals surface area (Å²) in [6.45, 7) is 1.69. The van der Waals surface area contributed by atoms with Gasteiger partial charge in [0.1, 0.15) is 6.61 Å². The quantitative estimate of drug-likeness (QED) is 0.367. The maximum atomic E-state index is 13.1. The Bertz CT molecular complexity index is 1070. The molecule has 0 aliphatic carbocycles. The molecule has 3 aromatic rings. The minimum atomic E-state index is -4.13. The van der Waals surface area contributed by atoms with Gasteiger partial charge in [0.2, 0.25) is 0 Å². The van der Waals surface area contributed by atoms with Crippen LogP contribution >= 0.6 is 0 Å². The number of nitrogens with zero attached hydrogens (tertiary/aromatic N) is 1. The number of hydrogen-bond donors (Lipinski definition) is 1. The van der Waals surface area contributed by atoms with E-state index in [1.807, 2.05) is 30.3 Å². The Morgan fingerprint density at radius 1 is 0.931 bits per heavy atom. The second-order valence-electron chi connectivity index (χ2n) is 6.51. The van der Waals surface area contributed by atoms with Crippen LogP contribution in [0.2, 0.25) is 0 Å². The van der Waals surface area contributed by atoms with Gasteiger partial charge in [-0.3, -0.25) is 5.84 Å². The summed E-state index contributed by atoms with van der Waals surface area (Å²) in [5, 5.41) is 0. The van der Waals surface area contributed by atoms with E-state index in [1.165, 1.54) is 6.07 Å². The molecule has 0 heterocycles. The van der Waals surface area contributed by atoms with Crippen molar-refractivity contribution >= 4 is 16.0 Å². The number of rotatable bonds is 7. The van der Waals surface area contributed by atoms with Crippen molar-refractivity contribution in [2.75, 3.05) is 0 Å². The van der Waals surface area contributed by atoms with Crippen LogP contribution in [0.3, 0.4) is 0 Å². The van der Waals surface area contributed by atoms with Gasteiger partial charge in [0.15, 0.2) is 6.04 Å². The number of carbonyl (C=O) groups excluding carboxylic acids is 1. The van der Waals surface area contributed by atoms with Gasteiger partial charge in [0.25, 0.3) is 10.0 Å². The molecule has 0 bridgehead atoms. The molecule has 0 amide bonds. The standard InChI is InChI=1S/C22H22N2O4S/c1-17-10-8-9-15-20(17)29(26,27)24(23)21(19-13-6-3-7-14-19)22(25)28-16-18-11-4-2-5-12-18/h2-15,21H,16,23H2,1H3. The van der Waals surface area contributed by atoms with Crippen LogP contribution in [0.5, 0.6) is 0 Å². The maximum Gasteiger partial charge on any atom is 0.330 e. The first-order chi connectivity index (χ1) is 13.9. The van der Waals surface area contributed by atoms with Crippen molar-refractivity contribution in [1.29, 1.82) is 0 Å². The fraction of sp³-hybridized carbons (Fsp3) is 0.136. The summed E-state index contributed by atoms with van der Waals surface area (Å²) in [5.41, 5.74) is 1.75. The molecule has 0 aliphatic rings. The van der Waals surface area contributed by atoms with E-state index in [0.29, 0.717) is 15.5 Å². The third-order valence-corrected chi connectivity index (χ3v) is 6.25. The number of hydrogen-bond acceptors (Lipinski definition) is 5. The lowest BCUT2D eigenvalue weighted by Crippen LogP contribution is -2.44. The van der Waals surface area contributed by atoms with E-state index in [0.717, 1.165) is 5.56 Å². The summed E-state index contributed by atoms with van der Waals surface area (Å²) >= 11 is 0. The fourth-order valence-corrected chi connectivity index (χ4v) is 4.37. The number of ether oxygens (including phenoxy) is 1. The molecular formula is C22H22N2O4S. The number of esters is 1. The number of hydrazine groups is 1. The molecule has 1 unspecified atom stereocenters. The Morgan fingerprint density at radius 2 is 1.48 bits per heavy atom. The molecule has 150 valence electrons. The molecule has 0 saturated carbocycles. The minimum absolute atomic E-state index is 0.0151. The highest BCUT2D eigenvalue weighted by atomic mass is 32.2. The number of sulfonamides is 1. The Kier molecular flexibility index (Phi) is 6.43. The van der Waals surface area contributed by atoms with Crippen LogP contribution in [0, 0.1) is 6.92 Å². The largest absolute Gasteiger partial charge is 0.459 e. The molecular weight excluding hydrogens is 388 g/mol. The SMILES string of the molecule is Cc1ccccc1S(=O)(=O)N(N)C(C(=O)OCc1ccccc1)c1ccccc1. The molecule has 7 heteroatoms. The van der Waals surface area contributed by atoms with Gasteiger partial charge in [0.05, 0.1) is 4.90 Å². The van der Waals surface area contributed by atoms with Crippen molar-refractivity contribution in [2.24, 2.45) is 5.84 Å². The number of benzene rings is 3. The monoisotopic (exact) mass is 410 g/mol. The van der Waals surface area contributed by atoms with Crippen molar-refractivity contribution in [3.05, 3.63) is 102 Å². The van der Waals surface area contributed by atoms with Gasteiger partial charge in [-0.25, -0.2) is 13.2 Å². The predicted octanol–water partition coefficient (Wildman–Crippen LogP) is 3.34. The van der Waals surface area contributed by atoms with Gasteiger partial charge in [-0.2, -0.15) is 0 Å². The first-order valence-electron chi connectivity index (χ1n) is 9.01. The Balaban J connectivity index is 1.93. The summed E-state index contributed by atoms with van der Waals surface area (Å²) in [6, 6.07) is 22.8. The fourth-order valence-electron chi connectivity index (χ4n) is 2.93. The Labute approximate surface area is 170 Å². The van der Waals surface area contributed by atoms with Crippen LogP contribution in [0.25, 0.3) is 0 Å². The molecule has 1 atom stereocenters. The summed E-state index contributed by atoms with van der Waals surface area (Å²) in [6.07, 6.45) is 0. The van der Waals surface area contributed by atoms with Gasteiger partial charge in [-0.05, 0) is 29.7 Å². The van der Waals surface area contributed by atoms with Gasteiger partial charge < -0.3 is 4.74 Å². The third-order valence-electron chi connectivity index (χ3n) is 4.47. The van der Waals surface area contributed by atoms with Crippen LogP contribution in [0.4, 0.5) is 0 Å². The molecule has 0 fully saturated rings. The maximum absolute atomic E-state index is 13.1.